The Balaban J connectivity index is 2.12. The van der Waals surface area contributed by atoms with E-state index < -0.39 is 0 Å². The van der Waals surface area contributed by atoms with Crippen molar-refractivity contribution in [3.8, 4) is 0 Å². The van der Waals surface area contributed by atoms with Gasteiger partial charge in [-0.3, -0.25) is 4.90 Å². The lowest BCUT2D eigenvalue weighted by molar-refractivity contribution is 0.0600. The fourth-order valence-electron chi connectivity index (χ4n) is 2.63. The molecular weight excluding hydrogens is 252 g/mol. The number of methoxy groups -OCH3 is 1. The molecule has 1 aliphatic heterocycles. The van der Waals surface area contributed by atoms with Crippen molar-refractivity contribution >= 4 is 11.7 Å². The maximum atomic E-state index is 11.8. The van der Waals surface area contributed by atoms with Gasteiger partial charge < -0.3 is 9.64 Å². The minimum absolute atomic E-state index is 0.259. The molecule has 110 valence electrons. The Morgan fingerprint density at radius 1 is 1.20 bits per heavy atom. The number of anilines is 1. The van der Waals surface area contributed by atoms with Crippen molar-refractivity contribution in [2.45, 2.75) is 26.8 Å². The molecule has 1 aliphatic rings. The van der Waals surface area contributed by atoms with E-state index in [0.717, 1.165) is 37.4 Å². The van der Waals surface area contributed by atoms with E-state index in [2.05, 4.69) is 29.7 Å². The van der Waals surface area contributed by atoms with Crippen molar-refractivity contribution in [2.24, 2.45) is 0 Å². The predicted molar refractivity (Wildman–Crippen MR) is 81.4 cm³/mol. The van der Waals surface area contributed by atoms with E-state index in [1.54, 1.807) is 0 Å². The summed E-state index contributed by atoms with van der Waals surface area (Å²) in [6.45, 7) is 10.5. The summed E-state index contributed by atoms with van der Waals surface area (Å²) in [5.41, 5.74) is 2.73. The SMILES string of the molecule is COC(=O)c1cc(N2CCN(C(C)C)CC2)ccc1C. The molecule has 4 nitrogen and oxygen atoms in total. The fourth-order valence-corrected chi connectivity index (χ4v) is 2.63. The van der Waals surface area contributed by atoms with Gasteiger partial charge in [-0.1, -0.05) is 6.07 Å². The molecule has 0 aromatic heterocycles. The van der Waals surface area contributed by atoms with Gasteiger partial charge in [0.1, 0.15) is 0 Å². The van der Waals surface area contributed by atoms with Gasteiger partial charge in [0.05, 0.1) is 12.7 Å². The van der Waals surface area contributed by atoms with Crippen molar-refractivity contribution in [3.05, 3.63) is 29.3 Å². The van der Waals surface area contributed by atoms with Crippen LogP contribution < -0.4 is 4.90 Å². The number of esters is 1. The highest BCUT2D eigenvalue weighted by Crippen LogP contribution is 2.21. The number of benzene rings is 1. The molecule has 1 fully saturated rings. The second kappa shape index (κ2) is 6.27. The molecule has 1 aromatic rings. The lowest BCUT2D eigenvalue weighted by atomic mass is 10.1. The average molecular weight is 276 g/mol. The standard InChI is InChI=1S/C16H24N2O2/c1-12(2)17-7-9-18(10-8-17)14-6-5-13(3)15(11-14)16(19)20-4/h5-6,11-12H,7-10H2,1-4H3. The molecule has 1 saturated heterocycles. The second-order valence-corrected chi connectivity index (χ2v) is 5.61. The Kier molecular flexibility index (Phi) is 4.65. The van der Waals surface area contributed by atoms with Crippen molar-refractivity contribution in [1.82, 2.24) is 4.90 Å². The molecule has 0 unspecified atom stereocenters. The Labute approximate surface area is 121 Å². The van der Waals surface area contributed by atoms with Crippen LogP contribution in [0.4, 0.5) is 5.69 Å². The Morgan fingerprint density at radius 2 is 1.85 bits per heavy atom. The number of ether oxygens (including phenoxy) is 1. The number of carbonyl (C=O) groups is 1. The first-order chi connectivity index (χ1) is 9.52. The van der Waals surface area contributed by atoms with Crippen LogP contribution >= 0.6 is 0 Å². The van der Waals surface area contributed by atoms with Crippen LogP contribution in [0.2, 0.25) is 0 Å². The summed E-state index contributed by atoms with van der Waals surface area (Å²) in [6, 6.07) is 6.64. The minimum atomic E-state index is -0.259. The van der Waals surface area contributed by atoms with E-state index >= 15 is 0 Å². The van der Waals surface area contributed by atoms with E-state index in [1.165, 1.54) is 7.11 Å². The van der Waals surface area contributed by atoms with Crippen molar-refractivity contribution in [3.63, 3.8) is 0 Å². The lowest BCUT2D eigenvalue weighted by Crippen LogP contribution is -2.48. The van der Waals surface area contributed by atoms with Gasteiger partial charge in [-0.25, -0.2) is 4.79 Å². The number of aryl methyl sites for hydroxylation is 1. The maximum absolute atomic E-state index is 11.8. The van der Waals surface area contributed by atoms with Gasteiger partial charge in [0, 0.05) is 37.9 Å². The van der Waals surface area contributed by atoms with Crippen molar-refractivity contribution in [2.75, 3.05) is 38.2 Å². The van der Waals surface area contributed by atoms with E-state index in [4.69, 9.17) is 4.74 Å². The molecule has 0 atom stereocenters. The van der Waals surface area contributed by atoms with Gasteiger partial charge in [-0.2, -0.15) is 0 Å². The third-order valence-corrected chi connectivity index (χ3v) is 4.04. The maximum Gasteiger partial charge on any atom is 0.338 e. The topological polar surface area (TPSA) is 32.8 Å². The molecule has 20 heavy (non-hydrogen) atoms. The quantitative estimate of drug-likeness (QED) is 0.793. The third kappa shape index (κ3) is 3.12. The largest absolute Gasteiger partial charge is 0.465 e. The summed E-state index contributed by atoms with van der Waals surface area (Å²) in [5.74, 6) is -0.259. The highest BCUT2D eigenvalue weighted by Gasteiger charge is 2.20. The second-order valence-electron chi connectivity index (χ2n) is 5.61. The Bertz CT molecular complexity index is 477. The minimum Gasteiger partial charge on any atom is -0.465 e. The molecule has 0 aliphatic carbocycles. The molecule has 1 aromatic carbocycles. The van der Waals surface area contributed by atoms with Crippen LogP contribution in [0.3, 0.4) is 0 Å². The van der Waals surface area contributed by atoms with Crippen LogP contribution in [0.5, 0.6) is 0 Å². The lowest BCUT2D eigenvalue weighted by Gasteiger charge is -2.38. The summed E-state index contributed by atoms with van der Waals surface area (Å²) in [6.07, 6.45) is 0. The third-order valence-electron chi connectivity index (χ3n) is 4.04. The highest BCUT2D eigenvalue weighted by molar-refractivity contribution is 5.92. The van der Waals surface area contributed by atoms with Gasteiger partial charge in [0.2, 0.25) is 0 Å². The van der Waals surface area contributed by atoms with Crippen LogP contribution in [-0.2, 0) is 4.74 Å². The van der Waals surface area contributed by atoms with Crippen LogP contribution in [-0.4, -0.2) is 50.2 Å². The van der Waals surface area contributed by atoms with Crippen molar-refractivity contribution in [1.29, 1.82) is 0 Å². The Morgan fingerprint density at radius 3 is 2.40 bits per heavy atom. The smallest absolute Gasteiger partial charge is 0.338 e. The summed E-state index contributed by atoms with van der Waals surface area (Å²) in [7, 11) is 1.43. The molecule has 1 heterocycles. The number of piperazine rings is 1. The van der Waals surface area contributed by atoms with Crippen LogP contribution in [0.15, 0.2) is 18.2 Å². The fraction of sp³-hybridized carbons (Fsp3) is 0.562. The monoisotopic (exact) mass is 276 g/mol. The molecule has 0 bridgehead atoms. The first-order valence-electron chi connectivity index (χ1n) is 7.21. The number of carbonyl (C=O) groups excluding carboxylic acids is 1. The normalized spacial score (nSPS) is 16.6. The molecule has 0 amide bonds. The Hall–Kier alpha value is -1.55. The van der Waals surface area contributed by atoms with E-state index in [0.29, 0.717) is 11.6 Å². The van der Waals surface area contributed by atoms with Gasteiger partial charge in [0.15, 0.2) is 0 Å². The summed E-state index contributed by atoms with van der Waals surface area (Å²) in [5, 5.41) is 0. The van der Waals surface area contributed by atoms with E-state index in [-0.39, 0.29) is 5.97 Å². The van der Waals surface area contributed by atoms with Crippen LogP contribution in [0, 0.1) is 6.92 Å². The molecule has 4 heteroatoms. The molecular formula is C16H24N2O2. The van der Waals surface area contributed by atoms with Gasteiger partial charge in [-0.05, 0) is 38.5 Å². The summed E-state index contributed by atoms with van der Waals surface area (Å²) < 4.78 is 4.84. The summed E-state index contributed by atoms with van der Waals surface area (Å²) in [4.78, 5) is 16.6. The molecule has 0 saturated carbocycles. The molecule has 0 spiro atoms. The van der Waals surface area contributed by atoms with Gasteiger partial charge in [-0.15, -0.1) is 0 Å². The van der Waals surface area contributed by atoms with Gasteiger partial charge >= 0.3 is 5.97 Å². The van der Waals surface area contributed by atoms with Crippen LogP contribution in [0.1, 0.15) is 29.8 Å². The van der Waals surface area contributed by atoms with Gasteiger partial charge in [0.25, 0.3) is 0 Å². The zero-order valence-corrected chi connectivity index (χ0v) is 12.8. The zero-order chi connectivity index (χ0) is 14.7. The number of hydrogen-bond acceptors (Lipinski definition) is 4. The number of nitrogens with zero attached hydrogens (tertiary/aromatic N) is 2. The molecule has 0 N–H and O–H groups in total. The molecule has 0 radical (unpaired) electrons. The van der Waals surface area contributed by atoms with Crippen molar-refractivity contribution < 1.29 is 9.53 Å². The predicted octanol–water partition coefficient (Wildman–Crippen LogP) is 2.31. The summed E-state index contributed by atoms with van der Waals surface area (Å²) >= 11 is 0. The highest BCUT2D eigenvalue weighted by atomic mass is 16.5. The number of rotatable bonds is 3. The zero-order valence-electron chi connectivity index (χ0n) is 12.8. The average Bonchev–Trinajstić information content (AvgIpc) is 2.47. The first kappa shape index (κ1) is 14.9. The van der Waals surface area contributed by atoms with E-state index in [1.807, 2.05) is 19.1 Å². The molecule has 2 rings (SSSR count). The van der Waals surface area contributed by atoms with E-state index in [9.17, 15) is 4.79 Å². The number of hydrogen-bond donors (Lipinski definition) is 0. The van der Waals surface area contributed by atoms with Crippen LogP contribution in [0.25, 0.3) is 0 Å². The first-order valence-corrected chi connectivity index (χ1v) is 7.21.